The van der Waals surface area contributed by atoms with E-state index in [9.17, 15) is 14.7 Å². The summed E-state index contributed by atoms with van der Waals surface area (Å²) in [6.07, 6.45) is 1.71. The number of hydrogen-bond acceptors (Lipinski definition) is 5. The molecule has 1 aliphatic carbocycles. The molecule has 6 heteroatoms. The van der Waals surface area contributed by atoms with E-state index in [4.69, 9.17) is 5.26 Å². The molecule has 0 saturated carbocycles. The summed E-state index contributed by atoms with van der Waals surface area (Å²) < 4.78 is 4.51. The van der Waals surface area contributed by atoms with Gasteiger partial charge < -0.3 is 15.2 Å². The van der Waals surface area contributed by atoms with Gasteiger partial charge in [-0.1, -0.05) is 24.3 Å². The number of allylic oxidation sites excluding steroid dienone is 1. The minimum Gasteiger partial charge on any atom is -0.481 e. The molecule has 3 atom stereocenters. The van der Waals surface area contributed by atoms with Gasteiger partial charge in [0.1, 0.15) is 5.41 Å². The van der Waals surface area contributed by atoms with E-state index >= 15 is 0 Å². The van der Waals surface area contributed by atoms with Crippen LogP contribution in [0, 0.1) is 16.9 Å². The topological polar surface area (TPSA) is 99.4 Å². The lowest BCUT2D eigenvalue weighted by Gasteiger charge is -2.43. The number of rotatable bonds is 2. The van der Waals surface area contributed by atoms with Crippen LogP contribution >= 0.6 is 0 Å². The highest BCUT2D eigenvalue weighted by molar-refractivity contribution is 5.95. The Hall–Kier alpha value is -2.81. The molecule has 2 N–H and O–H groups in total. The molecule has 118 valence electrons. The van der Waals surface area contributed by atoms with Crippen LogP contribution in [0.1, 0.15) is 30.9 Å². The highest BCUT2D eigenvalue weighted by Crippen LogP contribution is 2.55. The predicted octanol–water partition coefficient (Wildman–Crippen LogP) is 1.69. The molecule has 1 aromatic rings. The van der Waals surface area contributed by atoms with Crippen LogP contribution in [-0.2, 0) is 20.7 Å². The van der Waals surface area contributed by atoms with E-state index < -0.39 is 23.3 Å². The van der Waals surface area contributed by atoms with Crippen LogP contribution in [0.15, 0.2) is 35.5 Å². The summed E-state index contributed by atoms with van der Waals surface area (Å²) in [4.78, 5) is 24.5. The van der Waals surface area contributed by atoms with Crippen molar-refractivity contribution in [1.29, 1.82) is 5.26 Å². The van der Waals surface area contributed by atoms with E-state index in [0.717, 1.165) is 11.1 Å². The molecule has 0 aromatic heterocycles. The average molecular weight is 312 g/mol. The summed E-state index contributed by atoms with van der Waals surface area (Å²) >= 11 is 0. The maximum Gasteiger partial charge on any atom is 0.351 e. The van der Waals surface area contributed by atoms with Crippen molar-refractivity contribution in [3.63, 3.8) is 0 Å². The molecule has 2 aliphatic rings. The predicted molar refractivity (Wildman–Crippen MR) is 80.0 cm³/mol. The first-order valence-electron chi connectivity index (χ1n) is 7.32. The van der Waals surface area contributed by atoms with Gasteiger partial charge in [-0.05, 0) is 31.4 Å². The van der Waals surface area contributed by atoms with Crippen molar-refractivity contribution >= 4 is 11.9 Å². The summed E-state index contributed by atoms with van der Waals surface area (Å²) in [5.41, 5.74) is 1.32. The Kier molecular flexibility index (Phi) is 3.37. The Bertz CT molecular complexity index is 777. The zero-order chi connectivity index (χ0) is 16.8. The summed E-state index contributed by atoms with van der Waals surface area (Å²) in [6.45, 7) is 3.51. The van der Waals surface area contributed by atoms with Crippen LogP contribution in [0.5, 0.6) is 0 Å². The Morgan fingerprint density at radius 1 is 1.43 bits per heavy atom. The molecule has 3 unspecified atom stereocenters. The first-order chi connectivity index (χ1) is 10.9. The lowest BCUT2D eigenvalue weighted by molar-refractivity contribution is -0.152. The highest BCUT2D eigenvalue weighted by Gasteiger charge is 2.60. The second-order valence-corrected chi connectivity index (χ2v) is 6.04. The molecule has 3 rings (SSSR count). The van der Waals surface area contributed by atoms with E-state index in [1.165, 1.54) is 6.26 Å². The first kappa shape index (κ1) is 15.1. The Balaban J connectivity index is 2.26. The molecule has 1 aromatic carbocycles. The summed E-state index contributed by atoms with van der Waals surface area (Å²) in [5.74, 6) is -2.39. The van der Waals surface area contributed by atoms with Crippen molar-refractivity contribution < 1.29 is 19.4 Å². The van der Waals surface area contributed by atoms with Crippen molar-refractivity contribution in [2.45, 2.75) is 32.2 Å². The van der Waals surface area contributed by atoms with Gasteiger partial charge in [0, 0.05) is 17.7 Å². The van der Waals surface area contributed by atoms with E-state index in [1.807, 2.05) is 31.2 Å². The molecule has 0 fully saturated rings. The first-order valence-corrected chi connectivity index (χ1v) is 7.32. The molecule has 23 heavy (non-hydrogen) atoms. The average Bonchev–Trinajstić information content (AvgIpc) is 2.84. The van der Waals surface area contributed by atoms with Crippen LogP contribution in [0.25, 0.3) is 0 Å². The van der Waals surface area contributed by atoms with Gasteiger partial charge >= 0.3 is 11.9 Å². The van der Waals surface area contributed by atoms with Crippen LogP contribution < -0.4 is 5.32 Å². The smallest absolute Gasteiger partial charge is 0.351 e. The van der Waals surface area contributed by atoms with Gasteiger partial charge in [-0.3, -0.25) is 4.79 Å². The van der Waals surface area contributed by atoms with Crippen molar-refractivity contribution in [2.75, 3.05) is 0 Å². The number of fused-ring (bicyclic) bond motifs is 3. The number of carboxylic acid groups (broad SMARTS) is 1. The number of nitriles is 1. The van der Waals surface area contributed by atoms with E-state index in [-0.39, 0.29) is 11.6 Å². The molecule has 1 aliphatic heterocycles. The number of carbonyl (C=O) groups is 2. The number of benzene rings is 1. The summed E-state index contributed by atoms with van der Waals surface area (Å²) in [7, 11) is 0. The van der Waals surface area contributed by atoms with E-state index in [0.29, 0.717) is 12.1 Å². The molecule has 0 saturated heterocycles. The molecule has 0 amide bonds. The second-order valence-electron chi connectivity index (χ2n) is 6.04. The fourth-order valence-electron chi connectivity index (χ4n) is 3.99. The fraction of sp³-hybridized carbons (Fsp3) is 0.353. The zero-order valence-electron chi connectivity index (χ0n) is 12.8. The SMILES string of the molecule is CC1=C(C(=O)OC#N)C2c3ccccc3CC2(C(=O)O)C(C)N1. The Morgan fingerprint density at radius 2 is 2.13 bits per heavy atom. The molecule has 0 radical (unpaired) electrons. The Labute approximate surface area is 133 Å². The number of ether oxygens (including phenoxy) is 1. The maximum atomic E-state index is 12.3. The van der Waals surface area contributed by atoms with E-state index in [1.54, 1.807) is 6.92 Å². The lowest BCUT2D eigenvalue weighted by Crippen LogP contribution is -2.55. The van der Waals surface area contributed by atoms with Crippen LogP contribution in [-0.4, -0.2) is 23.1 Å². The van der Waals surface area contributed by atoms with Gasteiger partial charge in [-0.2, -0.15) is 0 Å². The molecule has 0 spiro atoms. The number of hydrogen-bond donors (Lipinski definition) is 2. The lowest BCUT2D eigenvalue weighted by atomic mass is 9.65. The van der Waals surface area contributed by atoms with Gasteiger partial charge in [0.05, 0.1) is 5.57 Å². The number of esters is 1. The van der Waals surface area contributed by atoms with Crippen LogP contribution in [0.2, 0.25) is 0 Å². The Morgan fingerprint density at radius 3 is 2.78 bits per heavy atom. The highest BCUT2D eigenvalue weighted by atomic mass is 16.5. The molecule has 0 bridgehead atoms. The molecular formula is C17H16N2O4. The van der Waals surface area contributed by atoms with Gasteiger partial charge in [0.25, 0.3) is 6.26 Å². The van der Waals surface area contributed by atoms with Gasteiger partial charge in [0.2, 0.25) is 0 Å². The van der Waals surface area contributed by atoms with Gasteiger partial charge in [-0.15, -0.1) is 5.26 Å². The summed E-state index contributed by atoms with van der Waals surface area (Å²) in [5, 5.41) is 21.7. The largest absolute Gasteiger partial charge is 0.481 e. The quantitative estimate of drug-likeness (QED) is 0.637. The van der Waals surface area contributed by atoms with Crippen molar-refractivity contribution in [3.8, 4) is 6.26 Å². The zero-order valence-corrected chi connectivity index (χ0v) is 12.8. The number of carboxylic acids is 1. The maximum absolute atomic E-state index is 12.3. The third-order valence-electron chi connectivity index (χ3n) is 5.02. The number of nitrogens with zero attached hydrogens (tertiary/aromatic N) is 1. The molecule has 1 heterocycles. The van der Waals surface area contributed by atoms with Crippen LogP contribution in [0.4, 0.5) is 0 Å². The van der Waals surface area contributed by atoms with Gasteiger partial charge in [-0.25, -0.2) is 4.79 Å². The third-order valence-corrected chi connectivity index (χ3v) is 5.02. The number of nitrogens with one attached hydrogen (secondary N) is 1. The molecule has 6 nitrogen and oxygen atoms in total. The van der Waals surface area contributed by atoms with Gasteiger partial charge in [0.15, 0.2) is 0 Å². The minimum atomic E-state index is -1.17. The fourth-order valence-corrected chi connectivity index (χ4v) is 3.99. The van der Waals surface area contributed by atoms with Crippen LogP contribution in [0.3, 0.4) is 0 Å². The third kappa shape index (κ3) is 1.93. The number of aliphatic carboxylic acids is 1. The number of carbonyl (C=O) groups excluding carboxylic acids is 1. The minimum absolute atomic E-state index is 0.219. The van der Waals surface area contributed by atoms with E-state index in [2.05, 4.69) is 10.1 Å². The standard InChI is InChI=1S/C17H16N2O4/c1-9-13(15(20)23-8-18)14-12-6-4-3-5-11(12)7-17(14,16(21)22)10(2)19-9/h3-6,10,14,19H,7H2,1-2H3,(H,21,22). The second kappa shape index (κ2) is 5.13. The van der Waals surface area contributed by atoms with Crippen molar-refractivity contribution in [2.24, 2.45) is 5.41 Å². The normalized spacial score (nSPS) is 28.2. The van der Waals surface area contributed by atoms with Crippen molar-refractivity contribution in [1.82, 2.24) is 5.32 Å². The van der Waals surface area contributed by atoms with Crippen molar-refractivity contribution in [3.05, 3.63) is 46.7 Å². The molecular weight excluding hydrogens is 296 g/mol. The summed E-state index contributed by atoms with van der Waals surface area (Å²) in [6, 6.07) is 7.04. The monoisotopic (exact) mass is 312 g/mol.